The summed E-state index contributed by atoms with van der Waals surface area (Å²) in [6.45, 7) is 3.95. The van der Waals surface area contributed by atoms with E-state index in [9.17, 15) is 4.79 Å². The highest BCUT2D eigenvalue weighted by molar-refractivity contribution is 8.15. The monoisotopic (exact) mass is 412 g/mol. The average Bonchev–Trinajstić information content (AvgIpc) is 3.20. The van der Waals surface area contributed by atoms with E-state index in [1.165, 1.54) is 4.68 Å². The van der Waals surface area contributed by atoms with Gasteiger partial charge in [0.15, 0.2) is 0 Å². The van der Waals surface area contributed by atoms with E-state index in [1.807, 2.05) is 31.2 Å². The molecule has 150 valence electrons. The first kappa shape index (κ1) is 20.3. The van der Waals surface area contributed by atoms with Crippen LogP contribution in [0.4, 0.5) is 5.69 Å². The minimum atomic E-state index is -0.572. The fraction of sp³-hybridized carbons (Fsp3) is 0.211. The molecule has 0 radical (unpaired) electrons. The highest BCUT2D eigenvalue weighted by atomic mass is 32.2. The number of tetrazole rings is 1. The number of hydrazone groups is 1. The van der Waals surface area contributed by atoms with E-state index >= 15 is 0 Å². The van der Waals surface area contributed by atoms with Crippen molar-refractivity contribution >= 4 is 28.5 Å². The minimum Gasteiger partial charge on any atom is -0.497 e. The van der Waals surface area contributed by atoms with Crippen molar-refractivity contribution in [1.82, 2.24) is 20.2 Å². The zero-order valence-corrected chi connectivity index (χ0v) is 17.0. The van der Waals surface area contributed by atoms with Crippen LogP contribution in [0.3, 0.4) is 0 Å². The summed E-state index contributed by atoms with van der Waals surface area (Å²) in [7, 11) is 1.59. The number of hydrogen-bond acceptors (Lipinski definition) is 9. The van der Waals surface area contributed by atoms with E-state index in [0.717, 1.165) is 28.8 Å². The molecule has 0 amide bonds. The van der Waals surface area contributed by atoms with Gasteiger partial charge in [-0.25, -0.2) is 4.79 Å². The van der Waals surface area contributed by atoms with Gasteiger partial charge in [-0.2, -0.15) is 9.78 Å². The number of nitrogens with zero attached hydrogens (tertiary/aromatic N) is 5. The number of esters is 1. The van der Waals surface area contributed by atoms with Gasteiger partial charge in [-0.3, -0.25) is 5.43 Å². The van der Waals surface area contributed by atoms with Crippen molar-refractivity contribution < 1.29 is 14.3 Å². The van der Waals surface area contributed by atoms with Crippen molar-refractivity contribution in [2.45, 2.75) is 19.0 Å². The summed E-state index contributed by atoms with van der Waals surface area (Å²) in [6.07, 6.45) is 0. The van der Waals surface area contributed by atoms with E-state index < -0.39 is 5.97 Å². The number of methoxy groups -OCH3 is 1. The zero-order chi connectivity index (χ0) is 20.6. The molecule has 9 nitrogen and oxygen atoms in total. The largest absolute Gasteiger partial charge is 0.497 e. The van der Waals surface area contributed by atoms with Crippen LogP contribution in [0.5, 0.6) is 5.75 Å². The van der Waals surface area contributed by atoms with Gasteiger partial charge in [0, 0.05) is 0 Å². The number of nitrogens with one attached hydrogen (secondary N) is 1. The third kappa shape index (κ3) is 5.32. The predicted octanol–water partition coefficient (Wildman–Crippen LogP) is 3.06. The molecule has 0 unspecified atom stereocenters. The molecular formula is C19H20N6O3S. The number of carbonyl (C=O) groups is 1. The fourth-order valence-corrected chi connectivity index (χ4v) is 2.97. The van der Waals surface area contributed by atoms with Gasteiger partial charge in [0.05, 0.1) is 25.1 Å². The number of anilines is 1. The Morgan fingerprint density at radius 1 is 1.17 bits per heavy atom. The first-order valence-corrected chi connectivity index (χ1v) is 9.60. The number of benzene rings is 2. The zero-order valence-electron chi connectivity index (χ0n) is 16.2. The van der Waals surface area contributed by atoms with Gasteiger partial charge >= 0.3 is 5.97 Å². The van der Waals surface area contributed by atoms with Gasteiger partial charge in [0.25, 0.3) is 0 Å². The summed E-state index contributed by atoms with van der Waals surface area (Å²) in [5.41, 5.74) is 5.43. The molecule has 0 saturated carbocycles. The number of ether oxygens (including phenoxy) is 2. The lowest BCUT2D eigenvalue weighted by Crippen LogP contribution is -2.17. The van der Waals surface area contributed by atoms with Gasteiger partial charge in [-0.05, 0) is 72.4 Å². The quantitative estimate of drug-likeness (QED) is 0.217. The summed E-state index contributed by atoms with van der Waals surface area (Å²) in [6, 6.07) is 14.8. The van der Waals surface area contributed by atoms with Crippen molar-refractivity contribution in [2.75, 3.05) is 19.1 Å². The molecule has 0 saturated heterocycles. The van der Waals surface area contributed by atoms with E-state index in [4.69, 9.17) is 9.47 Å². The molecule has 0 bridgehead atoms. The summed E-state index contributed by atoms with van der Waals surface area (Å²) in [4.78, 5) is 12.4. The molecule has 0 aliphatic heterocycles. The smallest absolute Gasteiger partial charge is 0.365 e. The lowest BCUT2D eigenvalue weighted by molar-refractivity contribution is -0.134. The van der Waals surface area contributed by atoms with Gasteiger partial charge in [-0.15, -0.1) is 5.10 Å². The SMILES string of the molecule is CCOC(=O)/C(=N\Nc1ccc(OC)cc1)Sc1nnnn1-c1ccc(C)cc1. The van der Waals surface area contributed by atoms with Gasteiger partial charge in [-0.1, -0.05) is 17.7 Å². The number of thioether (sulfide) groups is 1. The molecule has 0 aliphatic rings. The Bertz CT molecular complexity index is 986. The third-order valence-electron chi connectivity index (χ3n) is 3.73. The normalized spacial score (nSPS) is 11.2. The van der Waals surface area contributed by atoms with E-state index in [-0.39, 0.29) is 11.7 Å². The Kier molecular flexibility index (Phi) is 6.80. The molecule has 0 atom stereocenters. The van der Waals surface area contributed by atoms with Gasteiger partial charge in [0.2, 0.25) is 10.2 Å². The number of rotatable bonds is 6. The second-order valence-electron chi connectivity index (χ2n) is 5.79. The summed E-state index contributed by atoms with van der Waals surface area (Å²) in [5, 5.41) is 16.4. The average molecular weight is 412 g/mol. The number of aromatic nitrogens is 4. The first-order chi connectivity index (χ1) is 14.1. The Hall–Kier alpha value is -3.40. The Balaban J connectivity index is 1.83. The van der Waals surface area contributed by atoms with Crippen molar-refractivity contribution in [3.05, 3.63) is 54.1 Å². The number of carbonyl (C=O) groups excluding carboxylic acids is 1. The minimum absolute atomic E-state index is 0.0748. The van der Waals surface area contributed by atoms with Crippen LogP contribution >= 0.6 is 11.8 Å². The highest BCUT2D eigenvalue weighted by Crippen LogP contribution is 2.22. The summed E-state index contributed by atoms with van der Waals surface area (Å²) in [5.74, 6) is 0.147. The Morgan fingerprint density at radius 3 is 2.55 bits per heavy atom. The van der Waals surface area contributed by atoms with Crippen molar-refractivity contribution in [3.63, 3.8) is 0 Å². The molecule has 29 heavy (non-hydrogen) atoms. The van der Waals surface area contributed by atoms with E-state index in [1.54, 1.807) is 38.3 Å². The fourth-order valence-electron chi connectivity index (χ4n) is 2.26. The first-order valence-electron chi connectivity index (χ1n) is 8.79. The van der Waals surface area contributed by atoms with Crippen LogP contribution in [-0.2, 0) is 9.53 Å². The highest BCUT2D eigenvalue weighted by Gasteiger charge is 2.20. The topological polar surface area (TPSA) is 104 Å². The van der Waals surface area contributed by atoms with E-state index in [2.05, 4.69) is 26.1 Å². The molecule has 1 aromatic heterocycles. The Labute approximate surface area is 172 Å². The molecule has 10 heteroatoms. The van der Waals surface area contributed by atoms with Crippen LogP contribution in [0.25, 0.3) is 5.69 Å². The van der Waals surface area contributed by atoms with Crippen LogP contribution < -0.4 is 10.2 Å². The number of hydrogen-bond donors (Lipinski definition) is 1. The maximum atomic E-state index is 12.4. The lowest BCUT2D eigenvalue weighted by Gasteiger charge is -2.08. The van der Waals surface area contributed by atoms with Gasteiger partial charge in [0.1, 0.15) is 5.75 Å². The molecule has 3 aromatic rings. The van der Waals surface area contributed by atoms with Crippen LogP contribution in [0, 0.1) is 6.92 Å². The molecule has 1 N–H and O–H groups in total. The van der Waals surface area contributed by atoms with Crippen molar-refractivity contribution in [2.24, 2.45) is 5.10 Å². The third-order valence-corrected chi connectivity index (χ3v) is 4.62. The van der Waals surface area contributed by atoms with Crippen LogP contribution in [0.15, 0.2) is 58.8 Å². The molecule has 2 aromatic carbocycles. The molecule has 1 heterocycles. The maximum absolute atomic E-state index is 12.4. The van der Waals surface area contributed by atoms with Crippen LogP contribution in [0.2, 0.25) is 0 Å². The molecule has 0 fully saturated rings. The van der Waals surface area contributed by atoms with Gasteiger partial charge < -0.3 is 9.47 Å². The molecule has 0 aliphatic carbocycles. The Morgan fingerprint density at radius 2 is 1.90 bits per heavy atom. The predicted molar refractivity (Wildman–Crippen MR) is 110 cm³/mol. The van der Waals surface area contributed by atoms with Crippen molar-refractivity contribution in [3.8, 4) is 11.4 Å². The second kappa shape index (κ2) is 9.69. The van der Waals surface area contributed by atoms with Crippen molar-refractivity contribution in [1.29, 1.82) is 0 Å². The van der Waals surface area contributed by atoms with Crippen LogP contribution in [0.1, 0.15) is 12.5 Å². The maximum Gasteiger partial charge on any atom is 0.365 e. The van der Waals surface area contributed by atoms with Crippen LogP contribution in [-0.4, -0.2) is 44.9 Å². The molecule has 0 spiro atoms. The standard InChI is InChI=1S/C19H20N6O3S/c1-4-28-18(26)17(21-20-14-7-11-16(27-3)12-8-14)29-19-22-23-24-25(19)15-9-5-13(2)6-10-15/h5-12,20H,4H2,1-3H3/b21-17+. The second-order valence-corrected chi connectivity index (χ2v) is 6.74. The number of aryl methyl sites for hydroxylation is 1. The molecular weight excluding hydrogens is 392 g/mol. The lowest BCUT2D eigenvalue weighted by atomic mass is 10.2. The summed E-state index contributed by atoms with van der Waals surface area (Å²) < 4.78 is 11.8. The molecule has 3 rings (SSSR count). The van der Waals surface area contributed by atoms with E-state index in [0.29, 0.717) is 10.8 Å². The summed E-state index contributed by atoms with van der Waals surface area (Å²) >= 11 is 1.01.